The summed E-state index contributed by atoms with van der Waals surface area (Å²) in [5.74, 6) is 0.676. The van der Waals surface area contributed by atoms with Gasteiger partial charge in [0.05, 0.1) is 17.6 Å². The zero-order chi connectivity index (χ0) is 14.4. The van der Waals surface area contributed by atoms with Gasteiger partial charge in [0, 0.05) is 7.05 Å². The van der Waals surface area contributed by atoms with E-state index in [4.69, 9.17) is 22.1 Å². The van der Waals surface area contributed by atoms with Crippen LogP contribution in [0.2, 0.25) is 5.02 Å². The molecule has 0 saturated carbocycles. The van der Waals surface area contributed by atoms with Gasteiger partial charge in [-0.25, -0.2) is 0 Å². The van der Waals surface area contributed by atoms with Gasteiger partial charge in [0.2, 0.25) is 5.91 Å². The Balaban J connectivity index is 0.00000361. The Morgan fingerprint density at radius 1 is 1.40 bits per heavy atom. The van der Waals surface area contributed by atoms with Crippen LogP contribution < -0.4 is 10.5 Å². The number of nitrogens with zero attached hydrogens (tertiary/aromatic N) is 1. The molecule has 1 aromatic rings. The molecule has 0 heterocycles. The van der Waals surface area contributed by atoms with Crippen molar-refractivity contribution in [2.45, 2.75) is 19.9 Å². The maximum Gasteiger partial charge on any atom is 0.239 e. The maximum absolute atomic E-state index is 11.9. The van der Waals surface area contributed by atoms with E-state index in [0.29, 0.717) is 23.9 Å². The standard InChI is InChI=1S/C14H21ClN2O2.ClH/c1-10(2)13(16)14(18)17(3)8-9-19-12-7-5-4-6-11(12)15;/h4-7,10,13H,8-9,16H2,1-3H3;1H. The number of carbonyl (C=O) groups excluding carboxylic acids is 1. The third kappa shape index (κ3) is 5.57. The molecule has 0 aliphatic heterocycles. The van der Waals surface area contributed by atoms with Gasteiger partial charge in [-0.05, 0) is 18.1 Å². The fraction of sp³-hybridized carbons (Fsp3) is 0.500. The fourth-order valence-electron chi connectivity index (χ4n) is 1.50. The van der Waals surface area contributed by atoms with Crippen molar-refractivity contribution in [2.24, 2.45) is 11.7 Å². The Hall–Kier alpha value is -0.970. The molecule has 0 bridgehead atoms. The molecule has 0 saturated heterocycles. The van der Waals surface area contributed by atoms with Crippen LogP contribution in [0.4, 0.5) is 0 Å². The number of benzene rings is 1. The van der Waals surface area contributed by atoms with Gasteiger partial charge in [0.25, 0.3) is 0 Å². The molecule has 1 amide bonds. The summed E-state index contributed by atoms with van der Waals surface area (Å²) in [6, 6.07) is 6.78. The van der Waals surface area contributed by atoms with Crippen molar-refractivity contribution in [3.63, 3.8) is 0 Å². The molecule has 0 spiro atoms. The summed E-state index contributed by atoms with van der Waals surface area (Å²) in [6.07, 6.45) is 0. The summed E-state index contributed by atoms with van der Waals surface area (Å²) in [6.45, 7) is 4.72. The number of likely N-dealkylation sites (N-methyl/N-ethyl adjacent to an activating group) is 1. The second-order valence-corrected chi connectivity index (χ2v) is 5.22. The van der Waals surface area contributed by atoms with Crippen LogP contribution in [-0.2, 0) is 4.79 Å². The number of para-hydroxylation sites is 1. The lowest BCUT2D eigenvalue weighted by molar-refractivity contribution is -0.132. The molecule has 0 fully saturated rings. The van der Waals surface area contributed by atoms with E-state index in [1.807, 2.05) is 26.0 Å². The van der Waals surface area contributed by atoms with Crippen LogP contribution in [0.3, 0.4) is 0 Å². The third-order valence-electron chi connectivity index (χ3n) is 2.90. The fourth-order valence-corrected chi connectivity index (χ4v) is 1.69. The normalized spacial score (nSPS) is 11.7. The predicted octanol–water partition coefficient (Wildman–Crippen LogP) is 2.58. The molecule has 0 aromatic heterocycles. The molecule has 0 radical (unpaired) electrons. The molecule has 1 rings (SSSR count). The van der Waals surface area contributed by atoms with Crippen LogP contribution in [0, 0.1) is 5.92 Å². The van der Waals surface area contributed by atoms with Crippen LogP contribution in [0.1, 0.15) is 13.8 Å². The van der Waals surface area contributed by atoms with Gasteiger partial charge in [-0.3, -0.25) is 4.79 Å². The van der Waals surface area contributed by atoms with E-state index in [-0.39, 0.29) is 24.2 Å². The SMILES string of the molecule is CC(C)C(N)C(=O)N(C)CCOc1ccccc1Cl.Cl. The molecule has 0 aliphatic rings. The van der Waals surface area contributed by atoms with E-state index in [1.54, 1.807) is 24.1 Å². The number of nitrogens with two attached hydrogens (primary N) is 1. The summed E-state index contributed by atoms with van der Waals surface area (Å²) in [7, 11) is 1.72. The van der Waals surface area contributed by atoms with Crippen LogP contribution >= 0.6 is 24.0 Å². The minimum atomic E-state index is -0.467. The molecule has 1 unspecified atom stereocenters. The van der Waals surface area contributed by atoms with Gasteiger partial charge in [0.1, 0.15) is 12.4 Å². The van der Waals surface area contributed by atoms with Gasteiger partial charge in [0.15, 0.2) is 0 Å². The lowest BCUT2D eigenvalue weighted by atomic mass is 10.0. The zero-order valence-corrected chi connectivity index (χ0v) is 13.6. The average Bonchev–Trinajstić information content (AvgIpc) is 2.38. The first-order valence-electron chi connectivity index (χ1n) is 6.31. The molecule has 0 aliphatic carbocycles. The topological polar surface area (TPSA) is 55.6 Å². The van der Waals surface area contributed by atoms with E-state index in [0.717, 1.165) is 0 Å². The molecule has 1 aromatic carbocycles. The first kappa shape index (κ1) is 19.0. The number of hydrogen-bond donors (Lipinski definition) is 1. The molecular formula is C14H22Cl2N2O2. The highest BCUT2D eigenvalue weighted by atomic mass is 35.5. The number of hydrogen-bond acceptors (Lipinski definition) is 3. The van der Waals surface area contributed by atoms with Gasteiger partial charge in [-0.15, -0.1) is 12.4 Å². The highest BCUT2D eigenvalue weighted by Crippen LogP contribution is 2.22. The van der Waals surface area contributed by atoms with Crippen LogP contribution in [0.5, 0.6) is 5.75 Å². The predicted molar refractivity (Wildman–Crippen MR) is 84.6 cm³/mol. The average molecular weight is 321 g/mol. The molecule has 2 N–H and O–H groups in total. The first-order chi connectivity index (χ1) is 8.93. The highest BCUT2D eigenvalue weighted by Gasteiger charge is 2.20. The summed E-state index contributed by atoms with van der Waals surface area (Å²) in [5, 5.41) is 0.565. The van der Waals surface area contributed by atoms with E-state index in [1.165, 1.54) is 0 Å². The van der Waals surface area contributed by atoms with Crippen molar-refractivity contribution in [3.8, 4) is 5.75 Å². The zero-order valence-electron chi connectivity index (χ0n) is 12.0. The number of amides is 1. The Morgan fingerprint density at radius 3 is 2.55 bits per heavy atom. The van der Waals surface area contributed by atoms with Gasteiger partial charge < -0.3 is 15.4 Å². The Morgan fingerprint density at radius 2 is 2.00 bits per heavy atom. The quantitative estimate of drug-likeness (QED) is 0.876. The number of halogens is 2. The monoisotopic (exact) mass is 320 g/mol. The van der Waals surface area contributed by atoms with E-state index in [9.17, 15) is 4.79 Å². The summed E-state index contributed by atoms with van der Waals surface area (Å²) in [5.41, 5.74) is 5.81. The van der Waals surface area contributed by atoms with E-state index in [2.05, 4.69) is 0 Å². The lowest BCUT2D eigenvalue weighted by Gasteiger charge is -2.23. The number of carbonyl (C=O) groups is 1. The molecule has 6 heteroatoms. The van der Waals surface area contributed by atoms with Crippen LogP contribution in [0.15, 0.2) is 24.3 Å². The Kier molecular flexibility index (Phi) is 8.62. The van der Waals surface area contributed by atoms with E-state index < -0.39 is 6.04 Å². The van der Waals surface area contributed by atoms with Crippen molar-refractivity contribution >= 4 is 29.9 Å². The minimum absolute atomic E-state index is 0. The van der Waals surface area contributed by atoms with Gasteiger partial charge in [-0.2, -0.15) is 0 Å². The smallest absolute Gasteiger partial charge is 0.239 e. The lowest BCUT2D eigenvalue weighted by Crippen LogP contribution is -2.46. The van der Waals surface area contributed by atoms with Crippen molar-refractivity contribution < 1.29 is 9.53 Å². The molecular weight excluding hydrogens is 299 g/mol. The van der Waals surface area contributed by atoms with Crippen LogP contribution in [0.25, 0.3) is 0 Å². The summed E-state index contributed by atoms with van der Waals surface area (Å²) >= 11 is 5.97. The second kappa shape index (κ2) is 9.06. The third-order valence-corrected chi connectivity index (χ3v) is 3.21. The van der Waals surface area contributed by atoms with Gasteiger partial charge in [-0.1, -0.05) is 37.6 Å². The molecule has 1 atom stereocenters. The van der Waals surface area contributed by atoms with Crippen molar-refractivity contribution in [1.82, 2.24) is 4.90 Å². The number of ether oxygens (including phenoxy) is 1. The second-order valence-electron chi connectivity index (χ2n) is 4.81. The summed E-state index contributed by atoms with van der Waals surface area (Å²) < 4.78 is 5.53. The first-order valence-corrected chi connectivity index (χ1v) is 6.69. The highest BCUT2D eigenvalue weighted by molar-refractivity contribution is 6.32. The molecule has 114 valence electrons. The summed E-state index contributed by atoms with van der Waals surface area (Å²) in [4.78, 5) is 13.5. The Bertz CT molecular complexity index is 427. The minimum Gasteiger partial charge on any atom is -0.490 e. The molecule has 20 heavy (non-hydrogen) atoms. The van der Waals surface area contributed by atoms with Crippen LogP contribution in [-0.4, -0.2) is 37.0 Å². The maximum atomic E-state index is 11.9. The van der Waals surface area contributed by atoms with Crippen molar-refractivity contribution in [1.29, 1.82) is 0 Å². The Labute approximate surface area is 131 Å². The van der Waals surface area contributed by atoms with E-state index >= 15 is 0 Å². The largest absolute Gasteiger partial charge is 0.490 e. The van der Waals surface area contributed by atoms with Crippen molar-refractivity contribution in [2.75, 3.05) is 20.2 Å². The van der Waals surface area contributed by atoms with Crippen molar-refractivity contribution in [3.05, 3.63) is 29.3 Å². The van der Waals surface area contributed by atoms with Gasteiger partial charge >= 0.3 is 0 Å². The molecule has 4 nitrogen and oxygen atoms in total. The number of rotatable bonds is 6.